The average Bonchev–Trinajstić information content (AvgIpc) is 2.68. The van der Waals surface area contributed by atoms with Crippen molar-refractivity contribution in [2.45, 2.75) is 38.5 Å². The first kappa shape index (κ1) is 16.1. The minimum absolute atomic E-state index is 0. The maximum absolute atomic E-state index is 12.2. The van der Waals surface area contributed by atoms with E-state index in [0.717, 1.165) is 13.0 Å². The molecular weight excluding hydrogens is 278 g/mol. The fraction of sp³-hybridized carbons (Fsp3) is 1.00. The van der Waals surface area contributed by atoms with Crippen molar-refractivity contribution in [3.05, 3.63) is 0 Å². The summed E-state index contributed by atoms with van der Waals surface area (Å²) in [7, 11) is -3.37. The first-order valence-corrected chi connectivity index (χ1v) is 7.55. The number of ether oxygens (including phenoxy) is 1. The van der Waals surface area contributed by atoms with Crippen LogP contribution in [0.2, 0.25) is 0 Å². The lowest BCUT2D eigenvalue weighted by Gasteiger charge is -2.34. The summed E-state index contributed by atoms with van der Waals surface area (Å²) >= 11 is 0. The third-order valence-corrected chi connectivity index (χ3v) is 4.71. The third-order valence-electron chi connectivity index (χ3n) is 3.10. The lowest BCUT2D eigenvalue weighted by Crippen LogP contribution is -2.53. The van der Waals surface area contributed by atoms with E-state index in [1.165, 1.54) is 4.31 Å². The van der Waals surface area contributed by atoms with Gasteiger partial charge in [-0.3, -0.25) is 0 Å². The second-order valence-electron chi connectivity index (χ2n) is 4.89. The first-order valence-electron chi connectivity index (χ1n) is 6.11. The maximum Gasteiger partial charge on any atom is 0.279 e. The van der Waals surface area contributed by atoms with Crippen molar-refractivity contribution < 1.29 is 13.2 Å². The van der Waals surface area contributed by atoms with Crippen LogP contribution in [-0.2, 0) is 14.9 Å². The summed E-state index contributed by atoms with van der Waals surface area (Å²) in [6.07, 6.45) is 0.767. The lowest BCUT2D eigenvalue weighted by molar-refractivity contribution is -0.0444. The van der Waals surface area contributed by atoms with Gasteiger partial charge in [0.1, 0.15) is 0 Å². The molecule has 0 radical (unpaired) electrons. The standard InChI is InChI=1S/C10H21N3O3S.ClH/c1-8-6-13(7-9(2)16-8)17(14,15)12-10-3-4-11-5-10;/h8-12H,3-7H2,1-2H3;1H. The summed E-state index contributed by atoms with van der Waals surface area (Å²) in [5, 5.41) is 3.15. The zero-order chi connectivity index (χ0) is 12.5. The van der Waals surface area contributed by atoms with Crippen LogP contribution in [0.15, 0.2) is 0 Å². The number of morpholine rings is 1. The van der Waals surface area contributed by atoms with Gasteiger partial charge in [-0.1, -0.05) is 0 Å². The van der Waals surface area contributed by atoms with Gasteiger partial charge in [-0.05, 0) is 26.8 Å². The van der Waals surface area contributed by atoms with Gasteiger partial charge in [-0.25, -0.2) is 0 Å². The Kier molecular flexibility index (Phi) is 5.82. The van der Waals surface area contributed by atoms with Crippen molar-refractivity contribution in [2.24, 2.45) is 0 Å². The van der Waals surface area contributed by atoms with E-state index >= 15 is 0 Å². The largest absolute Gasteiger partial charge is 0.373 e. The zero-order valence-electron chi connectivity index (χ0n) is 10.8. The van der Waals surface area contributed by atoms with Crippen molar-refractivity contribution >= 4 is 22.6 Å². The van der Waals surface area contributed by atoms with Crippen LogP contribution in [0.25, 0.3) is 0 Å². The smallest absolute Gasteiger partial charge is 0.279 e. The molecule has 18 heavy (non-hydrogen) atoms. The predicted octanol–water partition coefficient (Wildman–Crippen LogP) is -0.286. The van der Waals surface area contributed by atoms with E-state index in [9.17, 15) is 8.42 Å². The summed E-state index contributed by atoms with van der Waals surface area (Å²) in [4.78, 5) is 0. The summed E-state index contributed by atoms with van der Waals surface area (Å²) in [5.74, 6) is 0. The van der Waals surface area contributed by atoms with Crippen LogP contribution in [0.3, 0.4) is 0 Å². The highest BCUT2D eigenvalue weighted by molar-refractivity contribution is 7.87. The van der Waals surface area contributed by atoms with Crippen LogP contribution in [0.4, 0.5) is 0 Å². The fourth-order valence-electron chi connectivity index (χ4n) is 2.37. The number of hydrogen-bond donors (Lipinski definition) is 2. The molecule has 0 aromatic heterocycles. The van der Waals surface area contributed by atoms with Gasteiger partial charge in [0.05, 0.1) is 12.2 Å². The first-order chi connectivity index (χ1) is 7.97. The molecule has 108 valence electrons. The van der Waals surface area contributed by atoms with E-state index in [1.54, 1.807) is 0 Å². The number of halogens is 1. The van der Waals surface area contributed by atoms with E-state index in [4.69, 9.17) is 4.74 Å². The Morgan fingerprint density at radius 2 is 1.89 bits per heavy atom. The molecule has 2 aliphatic heterocycles. The molecule has 2 aliphatic rings. The van der Waals surface area contributed by atoms with E-state index in [-0.39, 0.29) is 30.7 Å². The molecule has 0 aromatic carbocycles. The Morgan fingerprint density at radius 3 is 2.39 bits per heavy atom. The zero-order valence-corrected chi connectivity index (χ0v) is 12.4. The van der Waals surface area contributed by atoms with Crippen molar-refractivity contribution in [2.75, 3.05) is 26.2 Å². The van der Waals surface area contributed by atoms with Gasteiger partial charge in [0.25, 0.3) is 10.2 Å². The van der Waals surface area contributed by atoms with Gasteiger partial charge >= 0.3 is 0 Å². The fourth-order valence-corrected chi connectivity index (χ4v) is 3.95. The molecule has 2 N–H and O–H groups in total. The number of hydrogen-bond acceptors (Lipinski definition) is 4. The number of nitrogens with one attached hydrogen (secondary N) is 2. The minimum atomic E-state index is -3.37. The van der Waals surface area contributed by atoms with Gasteiger partial charge in [0.15, 0.2) is 0 Å². The third kappa shape index (κ3) is 4.04. The molecule has 0 aliphatic carbocycles. The highest BCUT2D eigenvalue weighted by atomic mass is 35.5. The second kappa shape index (κ2) is 6.49. The molecule has 3 unspecified atom stereocenters. The van der Waals surface area contributed by atoms with E-state index in [2.05, 4.69) is 10.0 Å². The molecule has 6 nitrogen and oxygen atoms in total. The Balaban J connectivity index is 0.00000162. The average molecular weight is 300 g/mol. The Bertz CT molecular complexity index is 349. The molecule has 2 rings (SSSR count). The van der Waals surface area contributed by atoms with Gasteiger partial charge in [-0.15, -0.1) is 12.4 Å². The maximum atomic E-state index is 12.2. The molecule has 0 bridgehead atoms. The highest BCUT2D eigenvalue weighted by Crippen LogP contribution is 2.14. The molecule has 0 spiro atoms. The molecule has 2 heterocycles. The topological polar surface area (TPSA) is 70.7 Å². The molecule has 2 saturated heterocycles. The molecule has 0 amide bonds. The van der Waals surface area contributed by atoms with Crippen LogP contribution >= 0.6 is 12.4 Å². The van der Waals surface area contributed by atoms with Crippen molar-refractivity contribution in [3.63, 3.8) is 0 Å². The van der Waals surface area contributed by atoms with Crippen molar-refractivity contribution in [3.8, 4) is 0 Å². The van der Waals surface area contributed by atoms with Gasteiger partial charge in [0, 0.05) is 25.7 Å². The lowest BCUT2D eigenvalue weighted by atomic mass is 10.3. The summed E-state index contributed by atoms with van der Waals surface area (Å²) in [6.45, 7) is 6.25. The monoisotopic (exact) mass is 299 g/mol. The van der Waals surface area contributed by atoms with E-state index in [1.807, 2.05) is 13.8 Å². The SMILES string of the molecule is CC1CN(S(=O)(=O)NC2CCNC2)CC(C)O1.Cl. The van der Waals surface area contributed by atoms with Crippen molar-refractivity contribution in [1.29, 1.82) is 0 Å². The van der Waals surface area contributed by atoms with Gasteiger partial charge < -0.3 is 10.1 Å². The van der Waals surface area contributed by atoms with E-state index < -0.39 is 10.2 Å². The molecule has 8 heteroatoms. The van der Waals surface area contributed by atoms with Gasteiger partial charge in [0.2, 0.25) is 0 Å². The Labute approximate surface area is 115 Å². The quantitative estimate of drug-likeness (QED) is 0.751. The Morgan fingerprint density at radius 1 is 1.28 bits per heavy atom. The van der Waals surface area contributed by atoms with Crippen LogP contribution in [0.5, 0.6) is 0 Å². The van der Waals surface area contributed by atoms with Gasteiger partial charge in [-0.2, -0.15) is 17.4 Å². The molecule has 0 saturated carbocycles. The summed E-state index contributed by atoms with van der Waals surface area (Å²) in [5.41, 5.74) is 0. The van der Waals surface area contributed by atoms with Crippen LogP contribution in [0, 0.1) is 0 Å². The Hall–Kier alpha value is 0.0800. The predicted molar refractivity (Wildman–Crippen MR) is 72.2 cm³/mol. The number of rotatable bonds is 3. The molecular formula is C10H22ClN3O3S. The minimum Gasteiger partial charge on any atom is -0.373 e. The molecule has 0 aromatic rings. The molecule has 2 fully saturated rings. The summed E-state index contributed by atoms with van der Waals surface area (Å²) < 4.78 is 34.1. The van der Waals surface area contributed by atoms with Crippen LogP contribution in [0.1, 0.15) is 20.3 Å². The molecule has 3 atom stereocenters. The second-order valence-corrected chi connectivity index (χ2v) is 6.59. The normalized spacial score (nSPS) is 34.2. The number of nitrogens with zero attached hydrogens (tertiary/aromatic N) is 1. The highest BCUT2D eigenvalue weighted by Gasteiger charge is 2.32. The van der Waals surface area contributed by atoms with E-state index in [0.29, 0.717) is 19.6 Å². The van der Waals surface area contributed by atoms with Crippen molar-refractivity contribution in [1.82, 2.24) is 14.3 Å². The van der Waals surface area contributed by atoms with Crippen LogP contribution < -0.4 is 10.0 Å². The summed E-state index contributed by atoms with van der Waals surface area (Å²) in [6, 6.07) is 0.0217. The van der Waals surface area contributed by atoms with Crippen LogP contribution in [-0.4, -0.2) is 57.2 Å².